The molecule has 0 unspecified atom stereocenters. The zero-order chi connectivity index (χ0) is 13.9. The molecule has 2 fully saturated rings. The molecule has 0 radical (unpaired) electrons. The summed E-state index contributed by atoms with van der Waals surface area (Å²) in [5.41, 5.74) is 0. The van der Waals surface area contributed by atoms with Gasteiger partial charge in [0.05, 0.1) is 12.8 Å². The summed E-state index contributed by atoms with van der Waals surface area (Å²) in [5, 5.41) is 0. The minimum Gasteiger partial charge on any atom is -0.298 e. The van der Waals surface area contributed by atoms with Gasteiger partial charge in [-0.25, -0.2) is 8.42 Å². The molecule has 0 aromatic rings. The van der Waals surface area contributed by atoms with E-state index in [0.29, 0.717) is 38.5 Å². The van der Waals surface area contributed by atoms with Gasteiger partial charge in [0.1, 0.15) is 5.78 Å². The lowest BCUT2D eigenvalue weighted by atomic mass is 9.86. The zero-order valence-corrected chi connectivity index (χ0v) is 12.5. The second-order valence-electron chi connectivity index (χ2n) is 5.74. The first kappa shape index (κ1) is 14.9. The van der Waals surface area contributed by atoms with Gasteiger partial charge in [0.2, 0.25) is 10.0 Å². The highest BCUT2D eigenvalue weighted by atomic mass is 32.2. The molecular formula is C13H24N2O3S. The Bertz CT molecular complexity index is 408. The lowest BCUT2D eigenvalue weighted by molar-refractivity contribution is -0.125. The number of hydrogen-bond acceptors (Lipinski definition) is 4. The molecule has 0 bridgehead atoms. The summed E-state index contributed by atoms with van der Waals surface area (Å²) in [4.78, 5) is 14.3. The number of carbonyl (C=O) groups excluding carboxylic acids is 1. The van der Waals surface area contributed by atoms with Gasteiger partial charge in [0, 0.05) is 32.1 Å². The van der Waals surface area contributed by atoms with Crippen molar-refractivity contribution >= 4 is 15.8 Å². The Morgan fingerprint density at radius 2 is 1.63 bits per heavy atom. The van der Waals surface area contributed by atoms with Crippen LogP contribution < -0.4 is 0 Å². The number of Topliss-reactive ketones (excluding diaryl/α,β-unsaturated/α-hetero) is 1. The maximum absolute atomic E-state index is 12.2. The van der Waals surface area contributed by atoms with E-state index in [1.807, 2.05) is 0 Å². The third-order valence-corrected chi connectivity index (χ3v) is 5.54. The summed E-state index contributed by atoms with van der Waals surface area (Å²) < 4.78 is 24.3. The van der Waals surface area contributed by atoms with E-state index in [1.54, 1.807) is 0 Å². The van der Waals surface area contributed by atoms with Crippen LogP contribution in [0.2, 0.25) is 0 Å². The minimum atomic E-state index is -3.08. The van der Waals surface area contributed by atoms with Crippen molar-refractivity contribution in [2.75, 3.05) is 39.0 Å². The molecule has 1 saturated carbocycles. The molecular weight excluding hydrogens is 264 g/mol. The van der Waals surface area contributed by atoms with Crippen molar-refractivity contribution in [1.82, 2.24) is 9.21 Å². The van der Waals surface area contributed by atoms with Crippen LogP contribution in [-0.4, -0.2) is 62.4 Å². The topological polar surface area (TPSA) is 57.7 Å². The van der Waals surface area contributed by atoms with E-state index < -0.39 is 10.0 Å². The van der Waals surface area contributed by atoms with Gasteiger partial charge in [-0.05, 0) is 12.8 Å². The zero-order valence-electron chi connectivity index (χ0n) is 11.7. The Kier molecular flexibility index (Phi) is 4.97. The maximum Gasteiger partial charge on any atom is 0.211 e. The molecule has 5 nitrogen and oxygen atoms in total. The number of sulfonamides is 1. The molecule has 2 aliphatic rings. The lowest BCUT2D eigenvalue weighted by Gasteiger charge is -2.33. The molecule has 1 saturated heterocycles. The Morgan fingerprint density at radius 1 is 1.05 bits per heavy atom. The lowest BCUT2D eigenvalue weighted by Crippen LogP contribution is -2.50. The summed E-state index contributed by atoms with van der Waals surface area (Å²) in [6, 6.07) is 0. The van der Waals surface area contributed by atoms with E-state index in [0.717, 1.165) is 12.8 Å². The molecule has 0 N–H and O–H groups in total. The van der Waals surface area contributed by atoms with Crippen molar-refractivity contribution < 1.29 is 13.2 Å². The Morgan fingerprint density at radius 3 is 2.16 bits per heavy atom. The minimum absolute atomic E-state index is 0.252. The molecule has 1 heterocycles. The van der Waals surface area contributed by atoms with E-state index in [4.69, 9.17) is 0 Å². The van der Waals surface area contributed by atoms with Crippen LogP contribution >= 0.6 is 0 Å². The normalized spacial score (nSPS) is 24.5. The monoisotopic (exact) mass is 288 g/mol. The van der Waals surface area contributed by atoms with Crippen LogP contribution in [0.3, 0.4) is 0 Å². The van der Waals surface area contributed by atoms with Crippen molar-refractivity contribution in [3.63, 3.8) is 0 Å². The van der Waals surface area contributed by atoms with E-state index in [2.05, 4.69) is 4.90 Å². The number of carbonyl (C=O) groups is 1. The van der Waals surface area contributed by atoms with Crippen LogP contribution in [0.25, 0.3) is 0 Å². The average Bonchev–Trinajstić information content (AvgIpc) is 2.39. The Hall–Kier alpha value is -0.460. The highest BCUT2D eigenvalue weighted by Gasteiger charge is 2.27. The number of hydrogen-bond donors (Lipinski definition) is 0. The van der Waals surface area contributed by atoms with Crippen molar-refractivity contribution in [1.29, 1.82) is 0 Å². The summed E-state index contributed by atoms with van der Waals surface area (Å²) in [6.07, 6.45) is 6.95. The largest absolute Gasteiger partial charge is 0.298 e. The van der Waals surface area contributed by atoms with Crippen molar-refractivity contribution in [3.05, 3.63) is 0 Å². The maximum atomic E-state index is 12.2. The third-order valence-electron chi connectivity index (χ3n) is 4.24. The third kappa shape index (κ3) is 4.26. The standard InChI is InChI=1S/C13H24N2O3S/c1-19(17,18)15-9-7-14(8-10-15)11-13(16)12-5-3-2-4-6-12/h12H,2-11H2,1H3. The fourth-order valence-electron chi connectivity index (χ4n) is 2.99. The van der Waals surface area contributed by atoms with Crippen LogP contribution in [0.5, 0.6) is 0 Å². The van der Waals surface area contributed by atoms with Gasteiger partial charge in [0.25, 0.3) is 0 Å². The number of nitrogens with zero attached hydrogens (tertiary/aromatic N) is 2. The van der Waals surface area contributed by atoms with Crippen molar-refractivity contribution in [2.45, 2.75) is 32.1 Å². The van der Waals surface area contributed by atoms with Gasteiger partial charge < -0.3 is 0 Å². The van der Waals surface area contributed by atoms with Gasteiger partial charge in [-0.15, -0.1) is 0 Å². The SMILES string of the molecule is CS(=O)(=O)N1CCN(CC(=O)C2CCCCC2)CC1. The van der Waals surface area contributed by atoms with E-state index in [-0.39, 0.29) is 5.92 Å². The summed E-state index contributed by atoms with van der Waals surface area (Å²) in [6.45, 7) is 2.87. The summed E-state index contributed by atoms with van der Waals surface area (Å²) in [7, 11) is -3.08. The first-order valence-electron chi connectivity index (χ1n) is 7.17. The van der Waals surface area contributed by atoms with Crippen molar-refractivity contribution in [3.8, 4) is 0 Å². The Balaban J connectivity index is 1.77. The molecule has 0 amide bonds. The van der Waals surface area contributed by atoms with Crippen LogP contribution in [0.1, 0.15) is 32.1 Å². The van der Waals surface area contributed by atoms with E-state index >= 15 is 0 Å². The molecule has 0 aromatic carbocycles. The predicted molar refractivity (Wildman–Crippen MR) is 74.4 cm³/mol. The molecule has 0 spiro atoms. The van der Waals surface area contributed by atoms with Gasteiger partial charge >= 0.3 is 0 Å². The first-order chi connectivity index (χ1) is 8.97. The van der Waals surface area contributed by atoms with Crippen molar-refractivity contribution in [2.24, 2.45) is 5.92 Å². The second kappa shape index (κ2) is 6.33. The summed E-state index contributed by atoms with van der Waals surface area (Å²) >= 11 is 0. The molecule has 1 aliphatic carbocycles. The fraction of sp³-hybridized carbons (Fsp3) is 0.923. The highest BCUT2D eigenvalue weighted by Crippen LogP contribution is 2.24. The number of ketones is 1. The molecule has 0 atom stereocenters. The molecule has 19 heavy (non-hydrogen) atoms. The number of piperazine rings is 1. The van der Waals surface area contributed by atoms with E-state index in [1.165, 1.54) is 29.8 Å². The summed E-state index contributed by atoms with van der Waals surface area (Å²) in [5.74, 6) is 0.606. The molecule has 1 aliphatic heterocycles. The van der Waals surface area contributed by atoms with Gasteiger partial charge in [-0.2, -0.15) is 4.31 Å². The van der Waals surface area contributed by atoms with Gasteiger partial charge in [-0.3, -0.25) is 9.69 Å². The van der Waals surface area contributed by atoms with Gasteiger partial charge in [0.15, 0.2) is 0 Å². The van der Waals surface area contributed by atoms with Crippen LogP contribution in [0.15, 0.2) is 0 Å². The van der Waals surface area contributed by atoms with Gasteiger partial charge in [-0.1, -0.05) is 19.3 Å². The molecule has 2 rings (SSSR count). The second-order valence-corrected chi connectivity index (χ2v) is 7.72. The van der Waals surface area contributed by atoms with Crippen LogP contribution in [0, 0.1) is 5.92 Å². The fourth-order valence-corrected chi connectivity index (χ4v) is 3.82. The quantitative estimate of drug-likeness (QED) is 0.764. The molecule has 0 aromatic heterocycles. The van der Waals surface area contributed by atoms with E-state index in [9.17, 15) is 13.2 Å². The molecule has 6 heteroatoms. The molecule has 110 valence electrons. The smallest absolute Gasteiger partial charge is 0.211 e. The predicted octanol–water partition coefficient (Wildman–Crippen LogP) is 0.713. The number of rotatable bonds is 4. The van der Waals surface area contributed by atoms with Crippen LogP contribution in [0.4, 0.5) is 0 Å². The Labute approximate surface area is 116 Å². The first-order valence-corrected chi connectivity index (χ1v) is 9.02. The van der Waals surface area contributed by atoms with Crippen LogP contribution in [-0.2, 0) is 14.8 Å². The highest BCUT2D eigenvalue weighted by molar-refractivity contribution is 7.88. The average molecular weight is 288 g/mol.